The van der Waals surface area contributed by atoms with Gasteiger partial charge in [-0.25, -0.2) is 4.39 Å². The largest absolute Gasteiger partial charge is 0.396 e. The van der Waals surface area contributed by atoms with E-state index in [1.54, 1.807) is 13.8 Å². The van der Waals surface area contributed by atoms with Gasteiger partial charge < -0.3 is 5.11 Å². The molecule has 0 atom stereocenters. The highest BCUT2D eigenvalue weighted by Crippen LogP contribution is 2.57. The molecule has 0 aromatic carbocycles. The average molecular weight is 146 g/mol. The summed E-state index contributed by atoms with van der Waals surface area (Å²) in [4.78, 5) is 0. The van der Waals surface area contributed by atoms with E-state index in [0.29, 0.717) is 6.42 Å². The summed E-state index contributed by atoms with van der Waals surface area (Å²) in [6.45, 7) is 3.33. The Labute approximate surface area is 61.2 Å². The minimum absolute atomic E-state index is 0.118. The molecule has 0 radical (unpaired) electrons. The maximum absolute atomic E-state index is 13.3. The normalized spacial score (nSPS) is 22.8. The Balaban J connectivity index is 2.52. The lowest BCUT2D eigenvalue weighted by atomic mass is 9.86. The van der Waals surface area contributed by atoms with Crippen LogP contribution < -0.4 is 0 Å². The summed E-state index contributed by atoms with van der Waals surface area (Å²) < 4.78 is 13.3. The molecule has 60 valence electrons. The minimum atomic E-state index is -1.10. The third-order valence-corrected chi connectivity index (χ3v) is 2.71. The van der Waals surface area contributed by atoms with Crippen LogP contribution in [0.3, 0.4) is 0 Å². The van der Waals surface area contributed by atoms with Crippen LogP contribution in [0.15, 0.2) is 0 Å². The van der Waals surface area contributed by atoms with Crippen molar-refractivity contribution in [1.82, 2.24) is 0 Å². The molecule has 1 fully saturated rings. The second kappa shape index (κ2) is 2.19. The summed E-state index contributed by atoms with van der Waals surface area (Å²) in [5, 5.41) is 8.64. The first kappa shape index (κ1) is 7.99. The quantitative estimate of drug-likeness (QED) is 0.644. The number of rotatable bonds is 3. The molecule has 1 aliphatic rings. The topological polar surface area (TPSA) is 20.2 Å². The van der Waals surface area contributed by atoms with Gasteiger partial charge in [0.05, 0.1) is 0 Å². The minimum Gasteiger partial charge on any atom is -0.396 e. The number of aliphatic hydroxyl groups excluding tert-OH is 1. The smallest absolute Gasteiger partial charge is 0.111 e. The summed E-state index contributed by atoms with van der Waals surface area (Å²) in [6.07, 6.45) is 2.50. The lowest BCUT2D eigenvalue weighted by Crippen LogP contribution is -2.28. The van der Waals surface area contributed by atoms with Crippen molar-refractivity contribution in [3.05, 3.63) is 0 Å². The summed E-state index contributed by atoms with van der Waals surface area (Å²) in [7, 11) is 0. The second-order valence-electron chi connectivity index (χ2n) is 3.73. The summed E-state index contributed by atoms with van der Waals surface area (Å²) >= 11 is 0. The zero-order valence-corrected chi connectivity index (χ0v) is 6.65. The van der Waals surface area contributed by atoms with Gasteiger partial charge in [0.15, 0.2) is 0 Å². The Hall–Kier alpha value is -0.110. The lowest BCUT2D eigenvalue weighted by Gasteiger charge is -2.25. The molecule has 0 spiro atoms. The first-order valence-corrected chi connectivity index (χ1v) is 3.82. The SMILES string of the molecule is CC(C)(F)C1(CCO)CC1. The Morgan fingerprint density at radius 2 is 2.00 bits per heavy atom. The highest BCUT2D eigenvalue weighted by Gasteiger charge is 2.54. The molecule has 1 rings (SSSR count). The predicted octanol–water partition coefficient (Wildman–Crippen LogP) is 1.90. The van der Waals surface area contributed by atoms with Crippen LogP contribution in [0.25, 0.3) is 0 Å². The zero-order chi connectivity index (χ0) is 7.83. The fourth-order valence-electron chi connectivity index (χ4n) is 1.51. The summed E-state index contributed by atoms with van der Waals surface area (Å²) in [5.41, 5.74) is -1.28. The van der Waals surface area contributed by atoms with Crippen LogP contribution in [0.2, 0.25) is 0 Å². The number of hydrogen-bond acceptors (Lipinski definition) is 1. The molecule has 1 aliphatic carbocycles. The van der Waals surface area contributed by atoms with Gasteiger partial charge in [0.2, 0.25) is 0 Å². The van der Waals surface area contributed by atoms with Crippen molar-refractivity contribution < 1.29 is 9.50 Å². The third kappa shape index (κ3) is 1.17. The molecule has 0 heterocycles. The molecule has 0 amide bonds. The van der Waals surface area contributed by atoms with Crippen molar-refractivity contribution >= 4 is 0 Å². The molecule has 0 bridgehead atoms. The van der Waals surface area contributed by atoms with E-state index in [0.717, 1.165) is 12.8 Å². The predicted molar refractivity (Wildman–Crippen MR) is 38.6 cm³/mol. The molecule has 1 saturated carbocycles. The maximum atomic E-state index is 13.3. The van der Waals surface area contributed by atoms with Crippen LogP contribution in [0.1, 0.15) is 33.1 Å². The molecule has 10 heavy (non-hydrogen) atoms. The van der Waals surface area contributed by atoms with Crippen molar-refractivity contribution in [1.29, 1.82) is 0 Å². The van der Waals surface area contributed by atoms with Gasteiger partial charge in [-0.3, -0.25) is 0 Å². The van der Waals surface area contributed by atoms with E-state index >= 15 is 0 Å². The van der Waals surface area contributed by atoms with Gasteiger partial charge >= 0.3 is 0 Å². The maximum Gasteiger partial charge on any atom is 0.111 e. The van der Waals surface area contributed by atoms with Crippen LogP contribution in [0.4, 0.5) is 4.39 Å². The monoisotopic (exact) mass is 146 g/mol. The summed E-state index contributed by atoms with van der Waals surface area (Å²) in [6, 6.07) is 0. The van der Waals surface area contributed by atoms with E-state index < -0.39 is 5.67 Å². The van der Waals surface area contributed by atoms with Gasteiger partial charge in [-0.05, 0) is 33.1 Å². The Morgan fingerprint density at radius 1 is 1.50 bits per heavy atom. The number of hydrogen-bond donors (Lipinski definition) is 1. The van der Waals surface area contributed by atoms with Crippen molar-refractivity contribution in [2.45, 2.75) is 38.8 Å². The molecular formula is C8H15FO. The van der Waals surface area contributed by atoms with Crippen LogP contribution in [-0.2, 0) is 0 Å². The van der Waals surface area contributed by atoms with Gasteiger partial charge in [0.1, 0.15) is 5.67 Å². The Bertz CT molecular complexity index is 122. The lowest BCUT2D eigenvalue weighted by molar-refractivity contribution is 0.0806. The van der Waals surface area contributed by atoms with Crippen LogP contribution in [0.5, 0.6) is 0 Å². The van der Waals surface area contributed by atoms with Crippen molar-refractivity contribution in [3.8, 4) is 0 Å². The fourth-order valence-corrected chi connectivity index (χ4v) is 1.51. The Kier molecular flexibility index (Phi) is 1.75. The van der Waals surface area contributed by atoms with E-state index in [-0.39, 0.29) is 12.0 Å². The van der Waals surface area contributed by atoms with Crippen molar-refractivity contribution in [2.24, 2.45) is 5.41 Å². The van der Waals surface area contributed by atoms with Crippen molar-refractivity contribution in [3.63, 3.8) is 0 Å². The van der Waals surface area contributed by atoms with Crippen LogP contribution in [-0.4, -0.2) is 17.4 Å². The molecule has 0 saturated heterocycles. The standard InChI is InChI=1S/C8H15FO/c1-7(2,9)8(3-4-8)5-6-10/h10H,3-6H2,1-2H3. The number of aliphatic hydroxyl groups is 1. The van der Waals surface area contributed by atoms with E-state index in [1.165, 1.54) is 0 Å². The average Bonchev–Trinajstić information content (AvgIpc) is 2.45. The van der Waals surface area contributed by atoms with Gasteiger partial charge in [-0.15, -0.1) is 0 Å². The molecular weight excluding hydrogens is 131 g/mol. The van der Waals surface area contributed by atoms with E-state index in [4.69, 9.17) is 5.11 Å². The van der Waals surface area contributed by atoms with E-state index in [9.17, 15) is 4.39 Å². The third-order valence-electron chi connectivity index (χ3n) is 2.71. The van der Waals surface area contributed by atoms with Gasteiger partial charge in [-0.1, -0.05) is 0 Å². The van der Waals surface area contributed by atoms with Crippen LogP contribution >= 0.6 is 0 Å². The molecule has 2 heteroatoms. The summed E-state index contributed by atoms with van der Waals surface area (Å²) in [5.74, 6) is 0. The van der Waals surface area contributed by atoms with E-state index in [2.05, 4.69) is 0 Å². The van der Waals surface area contributed by atoms with E-state index in [1.807, 2.05) is 0 Å². The molecule has 0 unspecified atom stereocenters. The molecule has 1 N–H and O–H groups in total. The highest BCUT2D eigenvalue weighted by molar-refractivity contribution is 5.03. The van der Waals surface area contributed by atoms with Gasteiger partial charge in [0.25, 0.3) is 0 Å². The molecule has 1 nitrogen and oxygen atoms in total. The highest BCUT2D eigenvalue weighted by atomic mass is 19.1. The molecule has 0 aliphatic heterocycles. The van der Waals surface area contributed by atoms with Crippen LogP contribution in [0, 0.1) is 5.41 Å². The Morgan fingerprint density at radius 3 is 2.10 bits per heavy atom. The number of halogens is 1. The number of alkyl halides is 1. The molecule has 0 aromatic rings. The second-order valence-corrected chi connectivity index (χ2v) is 3.73. The fraction of sp³-hybridized carbons (Fsp3) is 1.00. The van der Waals surface area contributed by atoms with Gasteiger partial charge in [0, 0.05) is 12.0 Å². The first-order valence-electron chi connectivity index (χ1n) is 3.82. The van der Waals surface area contributed by atoms with Crippen molar-refractivity contribution in [2.75, 3.05) is 6.61 Å². The molecule has 0 aromatic heterocycles. The van der Waals surface area contributed by atoms with Gasteiger partial charge in [-0.2, -0.15) is 0 Å². The first-order chi connectivity index (χ1) is 4.52. The zero-order valence-electron chi connectivity index (χ0n) is 6.65.